The molecule has 1 aliphatic heterocycles. The minimum atomic E-state index is 0.528. The highest BCUT2D eigenvalue weighted by Crippen LogP contribution is 2.28. The molecule has 0 radical (unpaired) electrons. The summed E-state index contributed by atoms with van der Waals surface area (Å²) < 4.78 is 5.30. The van der Waals surface area contributed by atoms with Crippen molar-refractivity contribution in [3.63, 3.8) is 0 Å². The molecule has 19 heavy (non-hydrogen) atoms. The second-order valence-electron chi connectivity index (χ2n) is 5.43. The third-order valence-corrected chi connectivity index (χ3v) is 4.08. The van der Waals surface area contributed by atoms with E-state index in [0.29, 0.717) is 11.8 Å². The number of aryl methyl sites for hydroxylation is 2. The lowest BCUT2D eigenvalue weighted by Crippen LogP contribution is -2.38. The van der Waals surface area contributed by atoms with Gasteiger partial charge in [0.25, 0.3) is 0 Å². The number of pyridine rings is 1. The van der Waals surface area contributed by atoms with E-state index >= 15 is 0 Å². The molecule has 0 N–H and O–H groups in total. The van der Waals surface area contributed by atoms with E-state index in [4.69, 9.17) is 21.3 Å². The van der Waals surface area contributed by atoms with Gasteiger partial charge in [-0.05, 0) is 44.2 Å². The Hall–Kier alpha value is -0.800. The lowest BCUT2D eigenvalue weighted by molar-refractivity contribution is 0.143. The molecule has 0 saturated carbocycles. The van der Waals surface area contributed by atoms with Crippen LogP contribution in [-0.4, -0.2) is 31.8 Å². The number of alkyl halides is 1. The molecule has 1 aliphatic rings. The zero-order valence-corrected chi connectivity index (χ0v) is 12.8. The first kappa shape index (κ1) is 14.6. The van der Waals surface area contributed by atoms with Crippen molar-refractivity contribution in [2.45, 2.75) is 32.6 Å². The van der Waals surface area contributed by atoms with Crippen LogP contribution in [0.4, 0.5) is 5.82 Å². The van der Waals surface area contributed by atoms with E-state index in [-0.39, 0.29) is 0 Å². The predicted octanol–water partition coefficient (Wildman–Crippen LogP) is 3.30. The van der Waals surface area contributed by atoms with Crippen LogP contribution < -0.4 is 4.90 Å². The van der Waals surface area contributed by atoms with Gasteiger partial charge in [0.2, 0.25) is 0 Å². The van der Waals surface area contributed by atoms with Crippen molar-refractivity contribution in [3.8, 4) is 0 Å². The Morgan fingerprint density at radius 2 is 2.26 bits per heavy atom. The summed E-state index contributed by atoms with van der Waals surface area (Å²) in [5.74, 6) is 2.21. The third-order valence-electron chi connectivity index (χ3n) is 3.81. The molecular formula is C15H23ClN2O. The maximum Gasteiger partial charge on any atom is 0.133 e. The number of anilines is 1. The number of nitrogens with zero attached hydrogens (tertiary/aromatic N) is 2. The highest BCUT2D eigenvalue weighted by Gasteiger charge is 2.23. The van der Waals surface area contributed by atoms with Crippen molar-refractivity contribution in [3.05, 3.63) is 22.9 Å². The maximum absolute atomic E-state index is 6.12. The van der Waals surface area contributed by atoms with Crippen molar-refractivity contribution in [2.24, 2.45) is 5.92 Å². The Morgan fingerprint density at radius 3 is 2.95 bits per heavy atom. The molecule has 1 unspecified atom stereocenters. The van der Waals surface area contributed by atoms with E-state index in [0.717, 1.165) is 31.2 Å². The van der Waals surface area contributed by atoms with Gasteiger partial charge in [-0.1, -0.05) is 0 Å². The van der Waals surface area contributed by atoms with Gasteiger partial charge < -0.3 is 9.64 Å². The van der Waals surface area contributed by atoms with Crippen molar-refractivity contribution >= 4 is 17.4 Å². The number of rotatable bonds is 4. The first-order valence-electron chi connectivity index (χ1n) is 6.92. The second kappa shape index (κ2) is 6.58. The van der Waals surface area contributed by atoms with Crippen LogP contribution in [0.15, 0.2) is 6.07 Å². The Morgan fingerprint density at radius 1 is 1.47 bits per heavy atom. The first-order valence-corrected chi connectivity index (χ1v) is 7.46. The lowest BCUT2D eigenvalue weighted by Gasteiger charge is -2.34. The largest absolute Gasteiger partial charge is 0.384 e. The number of methoxy groups -OCH3 is 1. The van der Waals surface area contributed by atoms with Crippen molar-refractivity contribution < 1.29 is 4.74 Å². The number of hydrogen-bond acceptors (Lipinski definition) is 3. The summed E-state index contributed by atoms with van der Waals surface area (Å²) in [6.45, 7) is 7.09. The van der Waals surface area contributed by atoms with E-state index < -0.39 is 0 Å². The van der Waals surface area contributed by atoms with Gasteiger partial charge in [0.15, 0.2) is 0 Å². The molecule has 4 heteroatoms. The first-order chi connectivity index (χ1) is 9.15. The van der Waals surface area contributed by atoms with E-state index in [1.165, 1.54) is 24.0 Å². The molecule has 2 rings (SSSR count). The molecule has 1 aromatic heterocycles. The van der Waals surface area contributed by atoms with Crippen LogP contribution in [0.1, 0.15) is 29.7 Å². The van der Waals surface area contributed by atoms with Gasteiger partial charge in [0.1, 0.15) is 5.82 Å². The van der Waals surface area contributed by atoms with E-state index in [1.54, 1.807) is 7.11 Å². The van der Waals surface area contributed by atoms with Crippen LogP contribution in [0.2, 0.25) is 0 Å². The topological polar surface area (TPSA) is 25.4 Å². The highest BCUT2D eigenvalue weighted by molar-refractivity contribution is 6.17. The predicted molar refractivity (Wildman–Crippen MR) is 80.1 cm³/mol. The fourth-order valence-corrected chi connectivity index (χ4v) is 3.23. The van der Waals surface area contributed by atoms with Crippen molar-refractivity contribution in [1.82, 2.24) is 4.98 Å². The molecule has 3 nitrogen and oxygen atoms in total. The van der Waals surface area contributed by atoms with E-state index in [2.05, 4.69) is 17.9 Å². The lowest BCUT2D eigenvalue weighted by atomic mass is 9.98. The number of piperidine rings is 1. The molecule has 0 aliphatic carbocycles. The zero-order valence-electron chi connectivity index (χ0n) is 12.1. The maximum atomic E-state index is 6.12. The number of aromatic nitrogens is 1. The summed E-state index contributed by atoms with van der Waals surface area (Å²) in [5, 5.41) is 0. The molecule has 106 valence electrons. The van der Waals surface area contributed by atoms with Gasteiger partial charge in [-0.2, -0.15) is 0 Å². The molecule has 1 atom stereocenters. The van der Waals surface area contributed by atoms with Gasteiger partial charge in [-0.25, -0.2) is 4.98 Å². The summed E-state index contributed by atoms with van der Waals surface area (Å²) in [4.78, 5) is 7.10. The Bertz CT molecular complexity index is 434. The standard InChI is InChI=1S/C15H23ClN2O/c1-11-7-12(2)17-15(14(11)8-16)18-6-4-5-13(9-18)10-19-3/h7,13H,4-6,8-10H2,1-3H3. The van der Waals surface area contributed by atoms with Gasteiger partial charge in [0.05, 0.1) is 12.5 Å². The van der Waals surface area contributed by atoms with Crippen molar-refractivity contribution in [2.75, 3.05) is 31.7 Å². The van der Waals surface area contributed by atoms with Crippen LogP contribution in [0.5, 0.6) is 0 Å². The van der Waals surface area contributed by atoms with Gasteiger partial charge in [-0.15, -0.1) is 11.6 Å². The summed E-state index contributed by atoms with van der Waals surface area (Å²) in [6, 6.07) is 2.11. The minimum absolute atomic E-state index is 0.528. The van der Waals surface area contributed by atoms with E-state index in [1.807, 2.05) is 6.92 Å². The molecule has 1 saturated heterocycles. The zero-order chi connectivity index (χ0) is 13.8. The van der Waals surface area contributed by atoms with Crippen LogP contribution >= 0.6 is 11.6 Å². The average Bonchev–Trinajstić information content (AvgIpc) is 2.38. The molecule has 0 amide bonds. The minimum Gasteiger partial charge on any atom is -0.384 e. The average molecular weight is 283 g/mol. The molecule has 0 aromatic carbocycles. The van der Waals surface area contributed by atoms with Crippen LogP contribution in [0, 0.1) is 19.8 Å². The normalized spacial score (nSPS) is 19.8. The highest BCUT2D eigenvalue weighted by atomic mass is 35.5. The van der Waals surface area contributed by atoms with Gasteiger partial charge in [0, 0.05) is 31.5 Å². The Labute approximate surface area is 120 Å². The SMILES string of the molecule is COCC1CCCN(c2nc(C)cc(C)c2CCl)C1. The van der Waals surface area contributed by atoms with Gasteiger partial charge >= 0.3 is 0 Å². The van der Waals surface area contributed by atoms with Crippen LogP contribution in [0.25, 0.3) is 0 Å². The number of halogens is 1. The van der Waals surface area contributed by atoms with Crippen LogP contribution in [-0.2, 0) is 10.6 Å². The fraction of sp³-hybridized carbons (Fsp3) is 0.667. The Balaban J connectivity index is 2.25. The number of hydrogen-bond donors (Lipinski definition) is 0. The third kappa shape index (κ3) is 3.40. The van der Waals surface area contributed by atoms with Crippen LogP contribution in [0.3, 0.4) is 0 Å². The molecule has 1 aromatic rings. The van der Waals surface area contributed by atoms with Crippen molar-refractivity contribution in [1.29, 1.82) is 0 Å². The molecule has 0 bridgehead atoms. The van der Waals surface area contributed by atoms with E-state index in [9.17, 15) is 0 Å². The monoisotopic (exact) mass is 282 g/mol. The molecular weight excluding hydrogens is 260 g/mol. The number of ether oxygens (including phenoxy) is 1. The smallest absolute Gasteiger partial charge is 0.133 e. The molecule has 0 spiro atoms. The molecule has 2 heterocycles. The summed E-state index contributed by atoms with van der Waals surface area (Å²) in [7, 11) is 1.78. The summed E-state index contributed by atoms with van der Waals surface area (Å²) in [5.41, 5.74) is 3.48. The Kier molecular flexibility index (Phi) is 5.06. The summed E-state index contributed by atoms with van der Waals surface area (Å²) >= 11 is 6.12. The summed E-state index contributed by atoms with van der Waals surface area (Å²) in [6.07, 6.45) is 2.44. The fourth-order valence-electron chi connectivity index (χ4n) is 2.90. The van der Waals surface area contributed by atoms with Gasteiger partial charge in [-0.3, -0.25) is 0 Å². The molecule has 1 fully saturated rings. The quantitative estimate of drug-likeness (QED) is 0.793. The second-order valence-corrected chi connectivity index (χ2v) is 5.69.